The lowest BCUT2D eigenvalue weighted by atomic mass is 9.96. The Balaban J connectivity index is 1.50. The van der Waals surface area contributed by atoms with E-state index in [2.05, 4.69) is 15.0 Å². The van der Waals surface area contributed by atoms with Gasteiger partial charge in [-0.3, -0.25) is 9.58 Å². The van der Waals surface area contributed by atoms with Gasteiger partial charge in [-0.05, 0) is 49.5 Å². The molecule has 1 fully saturated rings. The highest BCUT2D eigenvalue weighted by molar-refractivity contribution is 5.27. The Morgan fingerprint density at radius 3 is 2.76 bits per heavy atom. The van der Waals surface area contributed by atoms with Gasteiger partial charge in [-0.25, -0.2) is 9.37 Å². The van der Waals surface area contributed by atoms with Crippen molar-refractivity contribution in [2.75, 3.05) is 13.1 Å². The minimum atomic E-state index is -0.548. The molecule has 0 saturated carbocycles. The number of phenolic OH excluding ortho intramolecular Hbond substituents is 1. The molecule has 0 amide bonds. The molecule has 0 radical (unpaired) electrons. The standard InChI is InChI=1S/C15H19FN4O/c16-14-7-13(1-2-15(14)21)8-19-5-3-12(4-6-19)9-20-11-17-10-18-20/h1-2,7,10-12,21H,3-6,8-9H2. The van der Waals surface area contributed by atoms with Gasteiger partial charge in [0.05, 0.1) is 0 Å². The molecule has 2 aromatic rings. The summed E-state index contributed by atoms with van der Waals surface area (Å²) in [6.45, 7) is 3.65. The molecule has 2 heterocycles. The smallest absolute Gasteiger partial charge is 0.165 e. The van der Waals surface area contributed by atoms with Gasteiger partial charge in [0.25, 0.3) is 0 Å². The second-order valence-corrected chi connectivity index (χ2v) is 5.62. The molecule has 0 unspecified atom stereocenters. The van der Waals surface area contributed by atoms with Crippen LogP contribution in [0.1, 0.15) is 18.4 Å². The largest absolute Gasteiger partial charge is 0.505 e. The first-order chi connectivity index (χ1) is 10.2. The Morgan fingerprint density at radius 1 is 1.29 bits per heavy atom. The van der Waals surface area contributed by atoms with E-state index in [4.69, 9.17) is 0 Å². The minimum absolute atomic E-state index is 0.287. The zero-order chi connectivity index (χ0) is 14.7. The van der Waals surface area contributed by atoms with Gasteiger partial charge in [0.1, 0.15) is 12.7 Å². The number of aromatic nitrogens is 3. The molecule has 1 aliphatic rings. The summed E-state index contributed by atoms with van der Waals surface area (Å²) in [7, 11) is 0. The fraction of sp³-hybridized carbons (Fsp3) is 0.467. The van der Waals surface area contributed by atoms with Gasteiger partial charge in [0, 0.05) is 13.1 Å². The number of likely N-dealkylation sites (tertiary alicyclic amines) is 1. The molecule has 0 aliphatic carbocycles. The summed E-state index contributed by atoms with van der Waals surface area (Å²) < 4.78 is 15.2. The maximum Gasteiger partial charge on any atom is 0.165 e. The van der Waals surface area contributed by atoms with Crippen molar-refractivity contribution in [1.29, 1.82) is 0 Å². The molecule has 0 bridgehead atoms. The van der Waals surface area contributed by atoms with Crippen molar-refractivity contribution < 1.29 is 9.50 Å². The molecule has 0 atom stereocenters. The zero-order valence-electron chi connectivity index (χ0n) is 11.8. The predicted octanol–water partition coefficient (Wildman–Crippen LogP) is 2.04. The second-order valence-electron chi connectivity index (χ2n) is 5.62. The molecule has 5 nitrogen and oxygen atoms in total. The van der Waals surface area contributed by atoms with Crippen LogP contribution < -0.4 is 0 Å². The monoisotopic (exact) mass is 290 g/mol. The van der Waals surface area contributed by atoms with Crippen LogP contribution in [0.25, 0.3) is 0 Å². The van der Waals surface area contributed by atoms with E-state index in [0.717, 1.165) is 44.6 Å². The van der Waals surface area contributed by atoms with E-state index in [9.17, 15) is 9.50 Å². The first kappa shape index (κ1) is 14.0. The van der Waals surface area contributed by atoms with Gasteiger partial charge in [-0.15, -0.1) is 0 Å². The zero-order valence-corrected chi connectivity index (χ0v) is 11.8. The number of hydrogen-bond acceptors (Lipinski definition) is 4. The van der Waals surface area contributed by atoms with Crippen LogP contribution in [-0.4, -0.2) is 37.9 Å². The van der Waals surface area contributed by atoms with Gasteiger partial charge >= 0.3 is 0 Å². The van der Waals surface area contributed by atoms with Gasteiger partial charge in [0.2, 0.25) is 0 Å². The Hall–Kier alpha value is -1.95. The van der Waals surface area contributed by atoms with E-state index in [1.54, 1.807) is 18.7 Å². The Bertz CT molecular complexity index is 579. The third kappa shape index (κ3) is 3.58. The third-order valence-corrected chi connectivity index (χ3v) is 4.04. The van der Waals surface area contributed by atoms with Crippen LogP contribution in [0.3, 0.4) is 0 Å². The average molecular weight is 290 g/mol. The maximum atomic E-state index is 13.3. The molecule has 112 valence electrons. The fourth-order valence-electron chi connectivity index (χ4n) is 2.83. The van der Waals surface area contributed by atoms with E-state index < -0.39 is 5.82 Å². The number of aromatic hydroxyl groups is 1. The summed E-state index contributed by atoms with van der Waals surface area (Å²) in [4.78, 5) is 6.28. The van der Waals surface area contributed by atoms with Crippen LogP contribution in [0.4, 0.5) is 4.39 Å². The molecule has 1 N–H and O–H groups in total. The number of phenols is 1. The van der Waals surface area contributed by atoms with Gasteiger partial charge in [0.15, 0.2) is 11.6 Å². The highest BCUT2D eigenvalue weighted by atomic mass is 19.1. The molecule has 1 aliphatic heterocycles. The van der Waals surface area contributed by atoms with Crippen molar-refractivity contribution in [1.82, 2.24) is 19.7 Å². The van der Waals surface area contributed by atoms with Crippen LogP contribution in [0, 0.1) is 11.7 Å². The highest BCUT2D eigenvalue weighted by Gasteiger charge is 2.20. The summed E-state index contributed by atoms with van der Waals surface area (Å²) in [6.07, 6.45) is 5.54. The lowest BCUT2D eigenvalue weighted by Crippen LogP contribution is -2.34. The number of rotatable bonds is 4. The molecule has 1 aromatic carbocycles. The molecule has 0 spiro atoms. The van der Waals surface area contributed by atoms with Crippen molar-refractivity contribution in [3.8, 4) is 5.75 Å². The number of benzene rings is 1. The topological polar surface area (TPSA) is 54.2 Å². The summed E-state index contributed by atoms with van der Waals surface area (Å²) >= 11 is 0. The van der Waals surface area contributed by atoms with Crippen molar-refractivity contribution in [3.63, 3.8) is 0 Å². The number of halogens is 1. The summed E-state index contributed by atoms with van der Waals surface area (Å²) in [5, 5.41) is 13.3. The summed E-state index contributed by atoms with van der Waals surface area (Å²) in [5.41, 5.74) is 0.903. The van der Waals surface area contributed by atoms with Crippen LogP contribution in [-0.2, 0) is 13.1 Å². The lowest BCUT2D eigenvalue weighted by Gasteiger charge is -2.31. The normalized spacial score (nSPS) is 17.2. The first-order valence-electron chi connectivity index (χ1n) is 7.23. The van der Waals surface area contributed by atoms with Crippen LogP contribution in [0.5, 0.6) is 5.75 Å². The van der Waals surface area contributed by atoms with E-state index >= 15 is 0 Å². The Morgan fingerprint density at radius 2 is 2.10 bits per heavy atom. The van der Waals surface area contributed by atoms with Crippen molar-refractivity contribution in [2.45, 2.75) is 25.9 Å². The third-order valence-electron chi connectivity index (χ3n) is 4.04. The number of piperidine rings is 1. The van der Waals surface area contributed by atoms with Crippen LogP contribution in [0.2, 0.25) is 0 Å². The van der Waals surface area contributed by atoms with Crippen molar-refractivity contribution >= 4 is 0 Å². The van der Waals surface area contributed by atoms with Crippen molar-refractivity contribution in [3.05, 3.63) is 42.2 Å². The second kappa shape index (κ2) is 6.22. The summed E-state index contributed by atoms with van der Waals surface area (Å²) in [6, 6.07) is 4.61. The van der Waals surface area contributed by atoms with Gasteiger partial charge < -0.3 is 5.11 Å². The van der Waals surface area contributed by atoms with E-state index in [-0.39, 0.29) is 5.75 Å². The average Bonchev–Trinajstić information content (AvgIpc) is 2.98. The van der Waals surface area contributed by atoms with Gasteiger partial charge in [-0.1, -0.05) is 6.07 Å². The van der Waals surface area contributed by atoms with E-state index in [1.165, 1.54) is 12.1 Å². The Labute approximate surface area is 123 Å². The van der Waals surface area contributed by atoms with Crippen LogP contribution in [0.15, 0.2) is 30.9 Å². The molecule has 21 heavy (non-hydrogen) atoms. The first-order valence-corrected chi connectivity index (χ1v) is 7.23. The van der Waals surface area contributed by atoms with E-state index in [1.807, 2.05) is 4.68 Å². The lowest BCUT2D eigenvalue weighted by molar-refractivity contribution is 0.164. The summed E-state index contributed by atoms with van der Waals surface area (Å²) in [5.74, 6) is -0.210. The molecule has 1 saturated heterocycles. The van der Waals surface area contributed by atoms with Crippen LogP contribution >= 0.6 is 0 Å². The van der Waals surface area contributed by atoms with E-state index in [0.29, 0.717) is 5.92 Å². The molecule has 3 rings (SSSR count). The predicted molar refractivity (Wildman–Crippen MR) is 76.1 cm³/mol. The Kier molecular flexibility index (Phi) is 4.15. The number of nitrogens with zero attached hydrogens (tertiary/aromatic N) is 4. The maximum absolute atomic E-state index is 13.3. The molecule has 1 aromatic heterocycles. The molecular weight excluding hydrogens is 271 g/mol. The fourth-order valence-corrected chi connectivity index (χ4v) is 2.83. The SMILES string of the molecule is Oc1ccc(CN2CCC(Cn3cncn3)CC2)cc1F. The highest BCUT2D eigenvalue weighted by Crippen LogP contribution is 2.22. The molecular formula is C15H19FN4O. The quantitative estimate of drug-likeness (QED) is 0.936. The van der Waals surface area contributed by atoms with Crippen molar-refractivity contribution in [2.24, 2.45) is 5.92 Å². The van der Waals surface area contributed by atoms with Gasteiger partial charge in [-0.2, -0.15) is 5.10 Å². The number of hydrogen-bond donors (Lipinski definition) is 1. The minimum Gasteiger partial charge on any atom is -0.505 e. The molecule has 6 heteroatoms.